The fourth-order valence-corrected chi connectivity index (χ4v) is 18.4. The molecule has 1 spiro atoms. The summed E-state index contributed by atoms with van der Waals surface area (Å²) in [7, 11) is 1.95. The van der Waals surface area contributed by atoms with Gasteiger partial charge in [-0.3, -0.25) is 9.59 Å². The monoisotopic (exact) mass is 1200 g/mol. The number of fused-ring (bicyclic) bond motifs is 16. The number of phenols is 1. The minimum absolute atomic E-state index is 0.0263. The molecule has 6 saturated carbocycles. The van der Waals surface area contributed by atoms with Crippen LogP contribution in [0.1, 0.15) is 205 Å². The molecule has 3 aromatic carbocycles. The Kier molecular flexibility index (Phi) is 17.6. The minimum atomic E-state index is -1.66. The van der Waals surface area contributed by atoms with Crippen LogP contribution < -0.4 is 15.4 Å². The molecule has 15 unspecified atom stereocenters. The predicted molar refractivity (Wildman–Crippen MR) is 333 cm³/mol. The van der Waals surface area contributed by atoms with Crippen LogP contribution in [0.3, 0.4) is 0 Å². The zero-order chi connectivity index (χ0) is 61.1. The lowest BCUT2D eigenvalue weighted by Gasteiger charge is -2.59. The van der Waals surface area contributed by atoms with E-state index in [1.54, 1.807) is 13.0 Å². The maximum absolute atomic E-state index is 16.2. The summed E-state index contributed by atoms with van der Waals surface area (Å²) in [5.74, 6) is 11.2. The van der Waals surface area contributed by atoms with E-state index in [0.29, 0.717) is 71.4 Å². The van der Waals surface area contributed by atoms with Crippen LogP contribution in [0.25, 0.3) is 0 Å². The number of aliphatic hydroxyl groups is 5. The Morgan fingerprint density at radius 2 is 1.53 bits per heavy atom. The average molecular weight is 1200 g/mol. The first kappa shape index (κ1) is 61.3. The lowest BCUT2D eigenvalue weighted by Crippen LogP contribution is -2.65. The van der Waals surface area contributed by atoms with Crippen molar-refractivity contribution in [3.05, 3.63) is 99.1 Å². The highest BCUT2D eigenvalue weighted by molar-refractivity contribution is 5.89. The van der Waals surface area contributed by atoms with E-state index < -0.39 is 70.7 Å². The number of ketones is 1. The quantitative estimate of drug-likeness (QED) is 0.0692. The van der Waals surface area contributed by atoms with Gasteiger partial charge in [0.2, 0.25) is 0 Å². The molecule has 14 rings (SSSR count). The van der Waals surface area contributed by atoms with Crippen molar-refractivity contribution in [1.29, 1.82) is 0 Å². The van der Waals surface area contributed by atoms with Gasteiger partial charge in [0.25, 0.3) is 0 Å². The Bertz CT molecular complexity index is 3300. The van der Waals surface area contributed by atoms with Gasteiger partial charge in [-0.1, -0.05) is 92.5 Å². The molecule has 11 aliphatic rings. The number of hydrogen-bond donors (Lipinski definition) is 8. The van der Waals surface area contributed by atoms with Crippen LogP contribution in [-0.4, -0.2) is 111 Å². The Hall–Kier alpha value is -5.55. The van der Waals surface area contributed by atoms with Gasteiger partial charge in [0.1, 0.15) is 40.7 Å². The van der Waals surface area contributed by atoms with Crippen LogP contribution in [0.2, 0.25) is 0 Å². The molecule has 3 aromatic rings. The molecule has 8 N–H and O–H groups in total. The third-order valence-corrected chi connectivity index (χ3v) is 23.2. The summed E-state index contributed by atoms with van der Waals surface area (Å²) in [6.45, 7) is 2.19. The average Bonchev–Trinajstić information content (AvgIpc) is 0.848. The zero-order valence-corrected chi connectivity index (χ0v) is 51.6. The number of rotatable bonds is 4. The molecule has 14 nitrogen and oxygen atoms in total. The summed E-state index contributed by atoms with van der Waals surface area (Å²) in [6.07, 6.45) is 11.9. The van der Waals surface area contributed by atoms with Gasteiger partial charge in [0.05, 0.1) is 42.7 Å². The van der Waals surface area contributed by atoms with Crippen LogP contribution in [-0.2, 0) is 43.1 Å². The second-order valence-electron chi connectivity index (χ2n) is 29.0. The van der Waals surface area contributed by atoms with Crippen molar-refractivity contribution < 1.29 is 59.2 Å². The van der Waals surface area contributed by atoms with E-state index in [4.69, 9.17) is 14.2 Å². The van der Waals surface area contributed by atoms with E-state index in [0.717, 1.165) is 108 Å². The highest BCUT2D eigenvalue weighted by Crippen LogP contribution is 2.60. The van der Waals surface area contributed by atoms with Crippen LogP contribution in [0.4, 0.5) is 5.69 Å². The molecule has 14 heteroatoms. The van der Waals surface area contributed by atoms with Gasteiger partial charge < -0.3 is 55.5 Å². The van der Waals surface area contributed by atoms with Crippen molar-refractivity contribution in [3.8, 4) is 35.2 Å². The molecule has 0 radical (unpaired) electrons. The molecule has 0 amide bonds. The number of benzene rings is 3. The van der Waals surface area contributed by atoms with Crippen LogP contribution in [0.15, 0.2) is 60.2 Å². The van der Waals surface area contributed by atoms with Gasteiger partial charge in [-0.05, 0) is 198 Å². The van der Waals surface area contributed by atoms with E-state index in [9.17, 15) is 40.2 Å². The third kappa shape index (κ3) is 12.1. The van der Waals surface area contributed by atoms with E-state index in [1.807, 2.05) is 49.5 Å². The molecular formula is C74H92N2O12. The van der Waals surface area contributed by atoms with Gasteiger partial charge in [0, 0.05) is 65.9 Å². The standard InChI is InChI=1S/C74H92N2O12/c1-72(84)42-76-55-32-51(31-53(33-55)70(82)73(26-24-46(39-73)40-75-2)25-23-43-15-19-57(20-16-43)86-41-64(72)79)48-17-18-49-38-66(80)88-69-58(49)36-52(68(81)67(69)47-11-4-3-5-12-47)37-65-74(85)61-14-7-6-13-50(61)35-59-60(63(78)22-21-62(59)74)29-45-10-8-9-44(27-45)28-56(77)34-54(30-48)71(83)87-65/h8-10,27,31-34,36,43,46-50,56-57,59-62,64-65,70,75-77,79,81-82,84-85H,3-7,11-16,19-22,24,26,28-30,35,37-42H2,1-2H3. The fourth-order valence-electron chi connectivity index (χ4n) is 18.4. The maximum Gasteiger partial charge on any atom is 0.334 e. The number of ether oxygens (including phenoxy) is 3. The summed E-state index contributed by atoms with van der Waals surface area (Å²) in [5.41, 5.74) is 1.17. The molecule has 5 aliphatic heterocycles. The molecule has 88 heavy (non-hydrogen) atoms. The number of anilines is 1. The van der Waals surface area contributed by atoms with Crippen molar-refractivity contribution in [1.82, 2.24) is 5.32 Å². The predicted octanol–water partition coefficient (Wildman–Crippen LogP) is 9.87. The van der Waals surface area contributed by atoms with Gasteiger partial charge in [-0.2, -0.15) is 0 Å². The summed E-state index contributed by atoms with van der Waals surface area (Å²) in [6, 6.07) is 15.6. The Labute approximate surface area is 519 Å². The molecule has 0 aromatic heterocycles. The summed E-state index contributed by atoms with van der Waals surface area (Å²) < 4.78 is 19.7. The molecule has 14 bridgehead atoms. The lowest BCUT2D eigenvalue weighted by atomic mass is 9.48. The first-order valence-corrected chi connectivity index (χ1v) is 33.7. The van der Waals surface area contributed by atoms with Gasteiger partial charge in [-0.25, -0.2) is 4.79 Å². The van der Waals surface area contributed by atoms with E-state index in [2.05, 4.69) is 40.4 Å². The third-order valence-electron chi connectivity index (χ3n) is 23.2. The molecule has 6 fully saturated rings. The van der Waals surface area contributed by atoms with Crippen LogP contribution in [0.5, 0.6) is 11.5 Å². The largest absolute Gasteiger partial charge is 0.507 e. The van der Waals surface area contributed by atoms with Gasteiger partial charge >= 0.3 is 11.9 Å². The van der Waals surface area contributed by atoms with E-state index in [1.165, 1.54) is 0 Å². The van der Waals surface area contributed by atoms with E-state index >= 15 is 4.79 Å². The molecule has 470 valence electrons. The highest BCUT2D eigenvalue weighted by Gasteiger charge is 2.62. The molecule has 0 saturated heterocycles. The number of esters is 2. The second kappa shape index (κ2) is 25.3. The number of aromatic hydroxyl groups is 1. The molecule has 15 atom stereocenters. The second-order valence-corrected chi connectivity index (χ2v) is 29.0. The van der Waals surface area contributed by atoms with Crippen LogP contribution >= 0.6 is 0 Å². The lowest BCUT2D eigenvalue weighted by molar-refractivity contribution is -0.228. The number of phenolic OH excluding ortho intramolecular Hbond substituents is 1. The number of hydrogen-bond acceptors (Lipinski definition) is 14. The number of Topliss-reactive ketones (excluding diaryl/α,β-unsaturated/α-hetero) is 1. The summed E-state index contributed by atoms with van der Waals surface area (Å²) >= 11 is 0. The van der Waals surface area contributed by atoms with Gasteiger partial charge in [0.15, 0.2) is 0 Å². The minimum Gasteiger partial charge on any atom is -0.507 e. The number of aliphatic hydroxyl groups excluding tert-OH is 3. The topological polar surface area (TPSA) is 224 Å². The van der Waals surface area contributed by atoms with Crippen LogP contribution in [0, 0.1) is 70.5 Å². The Morgan fingerprint density at radius 1 is 0.773 bits per heavy atom. The zero-order valence-electron chi connectivity index (χ0n) is 51.6. The Morgan fingerprint density at radius 3 is 2.34 bits per heavy atom. The Balaban J connectivity index is 1.01. The van der Waals surface area contributed by atoms with Crippen molar-refractivity contribution in [2.75, 3.05) is 32.1 Å². The molecular weight excluding hydrogens is 1110 g/mol. The molecule has 5 heterocycles. The SMILES string of the molecule is CNCC1CCC2(C#CC3CCC(CC3)OCC(O)C(C)(O)CNc3cc(C4C#CC5CC(=O)Oc6c5cc(c(O)c6C5CCCCC5)CC5OC(=O)C(=CC(O)Cc6cccc(c6)CC6C(=O)CCC7C6CC6CCCCC6C57O)C4)cc(c3)C2O)C1. The fraction of sp³-hybridized carbons (Fsp3) is 0.635. The van der Waals surface area contributed by atoms with Gasteiger partial charge in [-0.15, -0.1) is 0 Å². The smallest absolute Gasteiger partial charge is 0.334 e. The normalized spacial score (nSPS) is 37.8. The van der Waals surface area contributed by atoms with Crippen molar-refractivity contribution in [2.45, 2.75) is 220 Å². The summed E-state index contributed by atoms with van der Waals surface area (Å²) in [4.78, 5) is 44.8. The number of carbonyl (C=O) groups excluding carboxylic acids is 3. The highest BCUT2D eigenvalue weighted by atomic mass is 16.6. The first-order chi connectivity index (χ1) is 42.4. The van der Waals surface area contributed by atoms with E-state index in [-0.39, 0.29) is 110 Å². The molecule has 6 aliphatic carbocycles. The number of carbonyl (C=O) groups is 3. The summed E-state index contributed by atoms with van der Waals surface area (Å²) in [5, 5.41) is 83.5. The van der Waals surface area contributed by atoms with Crippen molar-refractivity contribution >= 4 is 23.4 Å². The van der Waals surface area contributed by atoms with Crippen molar-refractivity contribution in [3.63, 3.8) is 0 Å². The van der Waals surface area contributed by atoms with Crippen molar-refractivity contribution in [2.24, 2.45) is 46.8 Å². The maximum atomic E-state index is 16.2. The first-order valence-electron chi connectivity index (χ1n) is 33.7. The number of nitrogens with one attached hydrogen (secondary N) is 2.